The molecule has 4 rings (SSSR count). The van der Waals surface area contributed by atoms with E-state index in [1.165, 1.54) is 53.4 Å². The Hall–Kier alpha value is -4.78. The van der Waals surface area contributed by atoms with Crippen molar-refractivity contribution in [2.45, 2.75) is 44.5 Å². The summed E-state index contributed by atoms with van der Waals surface area (Å²) in [5.41, 5.74) is 1.18. The third kappa shape index (κ3) is 9.61. The van der Waals surface area contributed by atoms with Crippen molar-refractivity contribution < 1.29 is 42.6 Å². The van der Waals surface area contributed by atoms with Crippen molar-refractivity contribution in [3.63, 3.8) is 0 Å². The van der Waals surface area contributed by atoms with Crippen LogP contribution >= 0.6 is 11.8 Å². The minimum atomic E-state index is -1.16. The molecular formula is C34H35F2N3O7S. The molecule has 0 aliphatic carbocycles. The molecule has 0 radical (unpaired) electrons. The first-order valence-corrected chi connectivity index (χ1v) is 15.8. The number of Topliss-reactive ketones (excluding diaryl/α,β-unsaturated/α-hetero) is 1. The molecule has 3 N–H and O–H groups in total. The number of nitrogens with one attached hydrogen (secondary N) is 2. The zero-order valence-corrected chi connectivity index (χ0v) is 26.8. The van der Waals surface area contributed by atoms with Gasteiger partial charge < -0.3 is 25.4 Å². The molecule has 1 saturated heterocycles. The van der Waals surface area contributed by atoms with E-state index in [0.717, 1.165) is 11.8 Å². The van der Waals surface area contributed by atoms with Crippen LogP contribution in [0.4, 0.5) is 14.5 Å². The van der Waals surface area contributed by atoms with E-state index in [9.17, 15) is 37.9 Å². The summed E-state index contributed by atoms with van der Waals surface area (Å²) in [6, 6.07) is 15.7. The van der Waals surface area contributed by atoms with Gasteiger partial charge in [0.1, 0.15) is 28.7 Å². The van der Waals surface area contributed by atoms with E-state index in [1.807, 2.05) is 20.8 Å². The second-order valence-corrected chi connectivity index (χ2v) is 13.3. The Balaban J connectivity index is 1.36. The number of β-lactam (4-membered cyclic amide) rings is 1. The quantitative estimate of drug-likeness (QED) is 0.168. The van der Waals surface area contributed by atoms with Gasteiger partial charge >= 0.3 is 5.97 Å². The second-order valence-electron chi connectivity index (χ2n) is 12.1. The number of rotatable bonds is 14. The molecule has 3 aromatic rings. The monoisotopic (exact) mass is 667 g/mol. The molecule has 1 aliphatic rings. The van der Waals surface area contributed by atoms with Gasteiger partial charge in [-0.05, 0) is 78.1 Å². The van der Waals surface area contributed by atoms with Gasteiger partial charge in [-0.1, -0.05) is 32.9 Å². The number of thioether (sulfide) groups is 1. The van der Waals surface area contributed by atoms with Crippen LogP contribution < -0.4 is 20.3 Å². The standard InChI is InChI=1S/C34H35F2N3O7S/c1-34(2,3)16-26(33(44)45)38-28(41)17-37-29(42)18-46-25-14-6-21(7-15-25)30-31(32(43)39(30)24-12-10-23(36)11-13-24)47-19-27(40)20-4-8-22(35)9-5-20/h4-15,26,30-31H,16-19H2,1-3H3,(H,37,42)(H,38,41)(H,44,45)/t26?,30-,31-/m1/s1. The summed E-state index contributed by atoms with van der Waals surface area (Å²) in [7, 11) is 0. The lowest BCUT2D eigenvalue weighted by Gasteiger charge is -2.47. The molecule has 0 bridgehead atoms. The van der Waals surface area contributed by atoms with Gasteiger partial charge in [0.2, 0.25) is 11.8 Å². The van der Waals surface area contributed by atoms with Gasteiger partial charge in [0, 0.05) is 11.3 Å². The van der Waals surface area contributed by atoms with Crippen LogP contribution in [0.5, 0.6) is 5.75 Å². The first-order valence-electron chi connectivity index (χ1n) is 14.7. The van der Waals surface area contributed by atoms with Gasteiger partial charge in [0.15, 0.2) is 12.4 Å². The fourth-order valence-electron chi connectivity index (χ4n) is 4.92. The van der Waals surface area contributed by atoms with Crippen molar-refractivity contribution in [3.05, 3.63) is 95.6 Å². The summed E-state index contributed by atoms with van der Waals surface area (Å²) >= 11 is 1.16. The van der Waals surface area contributed by atoms with Crippen molar-refractivity contribution in [2.24, 2.45) is 5.41 Å². The van der Waals surface area contributed by atoms with E-state index < -0.39 is 59.9 Å². The minimum Gasteiger partial charge on any atom is -0.484 e. The molecule has 10 nitrogen and oxygen atoms in total. The Kier molecular flexibility index (Phi) is 11.3. The second kappa shape index (κ2) is 15.2. The SMILES string of the molecule is CC(C)(C)CC(NC(=O)CNC(=O)COc1ccc([C@@H]2[C@@H](SCC(=O)c3ccc(F)cc3)C(=O)N2c2ccc(F)cc2)cc1)C(=O)O. The number of benzene rings is 3. The van der Waals surface area contributed by atoms with E-state index in [0.29, 0.717) is 22.6 Å². The number of carbonyl (C=O) groups is 5. The molecule has 1 aliphatic heterocycles. The predicted molar refractivity (Wildman–Crippen MR) is 172 cm³/mol. The van der Waals surface area contributed by atoms with Crippen molar-refractivity contribution in [1.29, 1.82) is 0 Å². The van der Waals surface area contributed by atoms with Gasteiger partial charge in [-0.2, -0.15) is 0 Å². The van der Waals surface area contributed by atoms with Gasteiger partial charge in [0.05, 0.1) is 18.3 Å². The highest BCUT2D eigenvalue weighted by Crippen LogP contribution is 2.45. The molecule has 3 amide bonds. The number of aliphatic carboxylic acids is 1. The average molecular weight is 668 g/mol. The fraction of sp³-hybridized carbons (Fsp3) is 0.324. The number of hydrogen-bond donors (Lipinski definition) is 3. The smallest absolute Gasteiger partial charge is 0.326 e. The Morgan fingerprint density at radius 3 is 2.09 bits per heavy atom. The largest absolute Gasteiger partial charge is 0.484 e. The number of carbonyl (C=O) groups excluding carboxylic acids is 4. The first kappa shape index (κ1) is 35.1. The zero-order valence-electron chi connectivity index (χ0n) is 26.0. The number of carboxylic acid groups (broad SMARTS) is 1. The molecule has 0 spiro atoms. The summed E-state index contributed by atoms with van der Waals surface area (Å²) in [5, 5.41) is 13.5. The number of carboxylic acids is 1. The van der Waals surface area contributed by atoms with Crippen LogP contribution in [0.25, 0.3) is 0 Å². The van der Waals surface area contributed by atoms with Crippen molar-refractivity contribution in [3.8, 4) is 5.75 Å². The van der Waals surface area contributed by atoms with Crippen LogP contribution in [-0.2, 0) is 19.2 Å². The highest BCUT2D eigenvalue weighted by molar-refractivity contribution is 8.01. The molecule has 248 valence electrons. The maximum atomic E-state index is 13.6. The Labute approximate surface area is 274 Å². The van der Waals surface area contributed by atoms with Crippen molar-refractivity contribution in [1.82, 2.24) is 10.6 Å². The first-order chi connectivity index (χ1) is 22.2. The predicted octanol–water partition coefficient (Wildman–Crippen LogP) is 4.54. The van der Waals surface area contributed by atoms with Gasteiger partial charge in [0.25, 0.3) is 5.91 Å². The topological polar surface area (TPSA) is 142 Å². The summed E-state index contributed by atoms with van der Waals surface area (Å²) in [6.07, 6.45) is 0.214. The molecule has 1 unspecified atom stereocenters. The summed E-state index contributed by atoms with van der Waals surface area (Å²) in [6.45, 7) is 4.72. The Morgan fingerprint density at radius 1 is 0.915 bits per heavy atom. The molecule has 0 aromatic heterocycles. The van der Waals surface area contributed by atoms with E-state index in [-0.39, 0.29) is 29.3 Å². The van der Waals surface area contributed by atoms with E-state index in [1.54, 1.807) is 24.3 Å². The fourth-order valence-corrected chi connectivity index (χ4v) is 6.14. The summed E-state index contributed by atoms with van der Waals surface area (Å²) in [4.78, 5) is 63.5. The molecule has 1 heterocycles. The van der Waals surface area contributed by atoms with Crippen LogP contribution in [0.2, 0.25) is 0 Å². The number of amides is 3. The molecule has 0 saturated carbocycles. The third-order valence-electron chi connectivity index (χ3n) is 7.20. The number of hydrogen-bond acceptors (Lipinski definition) is 7. The zero-order chi connectivity index (χ0) is 34.3. The van der Waals surface area contributed by atoms with Crippen LogP contribution in [0, 0.1) is 17.0 Å². The maximum Gasteiger partial charge on any atom is 0.326 e. The van der Waals surface area contributed by atoms with Crippen molar-refractivity contribution >= 4 is 46.9 Å². The van der Waals surface area contributed by atoms with Gasteiger partial charge in [-0.25, -0.2) is 13.6 Å². The van der Waals surface area contributed by atoms with E-state index in [2.05, 4.69) is 10.6 Å². The molecule has 1 fully saturated rings. The molecule has 47 heavy (non-hydrogen) atoms. The summed E-state index contributed by atoms with van der Waals surface area (Å²) in [5.74, 6) is -3.52. The number of anilines is 1. The third-order valence-corrected chi connectivity index (χ3v) is 8.45. The normalized spacial score (nSPS) is 16.5. The average Bonchev–Trinajstić information content (AvgIpc) is 3.02. The maximum absolute atomic E-state index is 13.6. The highest BCUT2D eigenvalue weighted by atomic mass is 32.2. The number of ether oxygens (including phenoxy) is 1. The Morgan fingerprint density at radius 2 is 1.51 bits per heavy atom. The Bertz CT molecular complexity index is 1610. The minimum absolute atomic E-state index is 0.0162. The van der Waals surface area contributed by atoms with Crippen LogP contribution in [0.1, 0.15) is 49.2 Å². The number of nitrogens with zero attached hydrogens (tertiary/aromatic N) is 1. The van der Waals surface area contributed by atoms with Crippen LogP contribution in [-0.4, -0.2) is 64.8 Å². The van der Waals surface area contributed by atoms with E-state index >= 15 is 0 Å². The highest BCUT2D eigenvalue weighted by Gasteiger charge is 2.49. The lowest BCUT2D eigenvalue weighted by molar-refractivity contribution is -0.142. The van der Waals surface area contributed by atoms with Gasteiger partial charge in [-0.15, -0.1) is 11.8 Å². The van der Waals surface area contributed by atoms with E-state index in [4.69, 9.17) is 4.74 Å². The lowest BCUT2D eigenvalue weighted by atomic mass is 9.88. The number of ketones is 1. The summed E-state index contributed by atoms with van der Waals surface area (Å²) < 4.78 is 32.4. The molecule has 3 atom stereocenters. The molecule has 3 aromatic carbocycles. The number of halogens is 2. The molecular weight excluding hydrogens is 632 g/mol. The van der Waals surface area contributed by atoms with Crippen LogP contribution in [0.15, 0.2) is 72.8 Å². The molecule has 13 heteroatoms. The lowest BCUT2D eigenvalue weighted by Crippen LogP contribution is -2.57. The van der Waals surface area contributed by atoms with Gasteiger partial charge in [-0.3, -0.25) is 19.2 Å². The van der Waals surface area contributed by atoms with Crippen molar-refractivity contribution in [2.75, 3.05) is 23.8 Å². The van der Waals surface area contributed by atoms with Crippen LogP contribution in [0.3, 0.4) is 0 Å².